The van der Waals surface area contributed by atoms with Crippen LogP contribution in [0.15, 0.2) is 126 Å². The van der Waals surface area contributed by atoms with Crippen LogP contribution in [0, 0.1) is 24.9 Å². The van der Waals surface area contributed by atoms with Crippen LogP contribution >= 0.6 is 0 Å². The maximum absolute atomic E-state index is 14.8. The largest absolute Gasteiger partial charge is 0.500 e. The Hall–Kier alpha value is -4.97. The molecule has 0 amide bonds. The fraction of sp³-hybridized carbons (Fsp3) is 0.0278. The van der Waals surface area contributed by atoms with Crippen molar-refractivity contribution in [1.82, 2.24) is 19.5 Å². The molecule has 4 aromatic carbocycles. The summed E-state index contributed by atoms with van der Waals surface area (Å²) in [6, 6.07) is 40.6. The molecule has 0 saturated heterocycles. The predicted octanol–water partition coefficient (Wildman–Crippen LogP) is 8.78. The summed E-state index contributed by atoms with van der Waals surface area (Å²) < 4.78 is 22.9. The van der Waals surface area contributed by atoms with E-state index >= 15 is 0 Å². The van der Waals surface area contributed by atoms with E-state index in [0.717, 1.165) is 33.4 Å². The van der Waals surface area contributed by atoms with Gasteiger partial charge in [0.25, 0.3) is 0 Å². The third-order valence-electron chi connectivity index (χ3n) is 7.05. The van der Waals surface area contributed by atoms with E-state index in [0.29, 0.717) is 33.6 Å². The molecule has 0 atom stereocenters. The molecule has 4 heterocycles. The maximum Gasteiger partial charge on any atom is 0.168 e. The van der Waals surface area contributed by atoms with Gasteiger partial charge in [0.2, 0.25) is 0 Å². The van der Waals surface area contributed by atoms with E-state index in [9.17, 15) is 4.39 Å². The molecule has 0 unspecified atom stereocenters. The molecule has 0 aliphatic carbocycles. The van der Waals surface area contributed by atoms with Crippen LogP contribution in [0.1, 0.15) is 5.56 Å². The smallest absolute Gasteiger partial charge is 0.168 e. The summed E-state index contributed by atoms with van der Waals surface area (Å²) in [5.41, 5.74) is 7.18. The van der Waals surface area contributed by atoms with Crippen molar-refractivity contribution in [2.24, 2.45) is 0 Å². The van der Waals surface area contributed by atoms with Crippen molar-refractivity contribution in [2.45, 2.75) is 6.92 Å². The van der Waals surface area contributed by atoms with Gasteiger partial charge in [-0.15, -0.1) is 48.0 Å². The van der Waals surface area contributed by atoms with Crippen LogP contribution in [-0.2, 0) is 20.1 Å². The zero-order chi connectivity index (χ0) is 28.5. The number of nitrogens with zero attached hydrogens (tertiary/aromatic N) is 4. The Labute approximate surface area is 261 Å². The van der Waals surface area contributed by atoms with Gasteiger partial charge < -0.3 is 14.0 Å². The van der Waals surface area contributed by atoms with E-state index in [-0.39, 0.29) is 25.9 Å². The van der Waals surface area contributed by atoms with E-state index in [4.69, 9.17) is 9.40 Å². The number of imidazole rings is 1. The van der Waals surface area contributed by atoms with Gasteiger partial charge in [-0.1, -0.05) is 54.1 Å². The quantitative estimate of drug-likeness (QED) is 0.170. The summed E-state index contributed by atoms with van der Waals surface area (Å²) in [5, 5.41) is 1.17. The average molecular weight is 739 g/mol. The molecule has 8 aromatic rings. The molecule has 0 N–H and O–H groups in total. The zero-order valence-electron chi connectivity index (χ0n) is 23.0. The Morgan fingerprint density at radius 1 is 0.791 bits per heavy atom. The predicted molar refractivity (Wildman–Crippen MR) is 164 cm³/mol. The molecule has 5 nitrogen and oxygen atoms in total. The Morgan fingerprint density at radius 3 is 2.37 bits per heavy atom. The molecule has 1 radical (unpaired) electrons. The molecule has 43 heavy (non-hydrogen) atoms. The van der Waals surface area contributed by atoms with Crippen LogP contribution in [0.5, 0.6) is 0 Å². The first-order valence-electron chi connectivity index (χ1n) is 13.5. The molecule has 211 valence electrons. The Bertz CT molecular complexity index is 2120. The second-order valence-electron chi connectivity index (χ2n) is 9.71. The average Bonchev–Trinajstić information content (AvgIpc) is 3.64. The number of aryl methyl sites for hydroxylation is 1. The molecule has 0 fully saturated rings. The van der Waals surface area contributed by atoms with Gasteiger partial charge in [-0.25, -0.2) is 4.98 Å². The molecule has 7 heteroatoms. The molecule has 4 aromatic heterocycles. The number of halogens is 1. The number of fused-ring (bicyclic) bond motifs is 4. The third-order valence-corrected chi connectivity index (χ3v) is 7.05. The second kappa shape index (κ2) is 12.1. The summed E-state index contributed by atoms with van der Waals surface area (Å²) >= 11 is 0. The van der Waals surface area contributed by atoms with E-state index in [1.54, 1.807) is 12.4 Å². The molecule has 8 rings (SSSR count). The first kappa shape index (κ1) is 28.2. The standard InChI is InChI=1S/C25H15FN3O.C11H8N.Ir/c1-15-13-14-27-24-22(15)29(16-7-3-2-4-8-16)25(28-24)18-11-12-19(26)21-17-9-5-6-10-20(17)30-23(18)21;1-2-6-10(7-3-1)11-8-4-5-9-12-11;/h2-10,12-14H,1H3;1-6,8-9H;/q2*-1;. The summed E-state index contributed by atoms with van der Waals surface area (Å²) in [5.74, 6) is 0.248. The normalized spacial score (nSPS) is 10.8. The first-order valence-corrected chi connectivity index (χ1v) is 13.5. The Balaban J connectivity index is 0.000000213. The summed E-state index contributed by atoms with van der Waals surface area (Å²) in [7, 11) is 0. The van der Waals surface area contributed by atoms with Crippen molar-refractivity contribution in [1.29, 1.82) is 0 Å². The van der Waals surface area contributed by atoms with E-state index < -0.39 is 0 Å². The number of para-hydroxylation sites is 2. The van der Waals surface area contributed by atoms with Crippen molar-refractivity contribution in [3.8, 4) is 28.3 Å². The number of rotatable bonds is 3. The fourth-order valence-corrected chi connectivity index (χ4v) is 5.12. The summed E-state index contributed by atoms with van der Waals surface area (Å²) in [4.78, 5) is 13.5. The van der Waals surface area contributed by atoms with Crippen molar-refractivity contribution in [3.63, 3.8) is 0 Å². The van der Waals surface area contributed by atoms with Crippen LogP contribution in [-0.4, -0.2) is 19.5 Å². The van der Waals surface area contributed by atoms with Crippen LogP contribution in [0.25, 0.3) is 61.4 Å². The maximum atomic E-state index is 14.8. The Kier molecular flexibility index (Phi) is 7.92. The van der Waals surface area contributed by atoms with Crippen LogP contribution in [0.4, 0.5) is 4.39 Å². The van der Waals surface area contributed by atoms with Gasteiger partial charge in [0, 0.05) is 49.4 Å². The number of pyridine rings is 2. The Morgan fingerprint density at radius 2 is 1.58 bits per heavy atom. The summed E-state index contributed by atoms with van der Waals surface area (Å²) in [6.07, 6.45) is 3.53. The van der Waals surface area contributed by atoms with E-state index in [1.807, 2.05) is 115 Å². The molecule has 0 aliphatic heterocycles. The number of benzene rings is 4. The van der Waals surface area contributed by atoms with Crippen molar-refractivity contribution in [2.75, 3.05) is 0 Å². The summed E-state index contributed by atoms with van der Waals surface area (Å²) in [6.45, 7) is 2.03. The molecule has 0 aliphatic rings. The number of furan rings is 1. The molecular weight excluding hydrogens is 716 g/mol. The monoisotopic (exact) mass is 739 g/mol. The minimum absolute atomic E-state index is 0. The van der Waals surface area contributed by atoms with Gasteiger partial charge >= 0.3 is 0 Å². The van der Waals surface area contributed by atoms with Crippen LogP contribution in [0.2, 0.25) is 0 Å². The van der Waals surface area contributed by atoms with Crippen molar-refractivity contribution in [3.05, 3.63) is 145 Å². The zero-order valence-corrected chi connectivity index (χ0v) is 25.4. The van der Waals surface area contributed by atoms with Gasteiger partial charge in [-0.2, -0.15) is 0 Å². The van der Waals surface area contributed by atoms with Gasteiger partial charge in [-0.3, -0.25) is 9.37 Å². The second-order valence-corrected chi connectivity index (χ2v) is 9.71. The number of hydrogen-bond acceptors (Lipinski definition) is 4. The SMILES string of the molecule is Cc1ccnc2nc(-c3[c-]cc(F)c4c3oc3ccccc34)n(-c3ccccc3)c12.[Ir].[c-]1ccccc1-c1ccccn1. The van der Waals surface area contributed by atoms with Gasteiger partial charge in [0.05, 0.1) is 16.9 Å². The first-order chi connectivity index (χ1) is 20.7. The minimum Gasteiger partial charge on any atom is -0.500 e. The molecular formula is C36H23FIrN4O-2. The van der Waals surface area contributed by atoms with Crippen molar-refractivity contribution >= 4 is 33.1 Å². The van der Waals surface area contributed by atoms with Gasteiger partial charge in [0.15, 0.2) is 5.65 Å². The van der Waals surface area contributed by atoms with Crippen LogP contribution < -0.4 is 0 Å². The van der Waals surface area contributed by atoms with Crippen molar-refractivity contribution < 1.29 is 28.9 Å². The van der Waals surface area contributed by atoms with Crippen LogP contribution in [0.3, 0.4) is 0 Å². The molecule has 0 saturated carbocycles. The van der Waals surface area contributed by atoms with E-state index in [1.165, 1.54) is 6.07 Å². The molecule has 0 bridgehead atoms. The van der Waals surface area contributed by atoms with Gasteiger partial charge in [0.1, 0.15) is 5.58 Å². The fourth-order valence-electron chi connectivity index (χ4n) is 5.12. The minimum atomic E-state index is -0.365. The number of hydrogen-bond donors (Lipinski definition) is 0. The van der Waals surface area contributed by atoms with E-state index in [2.05, 4.69) is 22.1 Å². The third kappa shape index (κ3) is 5.25. The molecule has 0 spiro atoms. The number of aromatic nitrogens is 4. The van der Waals surface area contributed by atoms with Gasteiger partial charge in [-0.05, 0) is 53.9 Å². The topological polar surface area (TPSA) is 56.7 Å².